The van der Waals surface area contributed by atoms with Crippen molar-refractivity contribution < 1.29 is 14.6 Å². The Balaban J connectivity index is 1.66. The van der Waals surface area contributed by atoms with Gasteiger partial charge in [-0.15, -0.1) is 0 Å². The van der Waals surface area contributed by atoms with Crippen LogP contribution in [0.5, 0.6) is 11.5 Å². The minimum absolute atomic E-state index is 0.0339. The second-order valence-corrected chi connectivity index (χ2v) is 6.22. The molecule has 1 amide bonds. The Bertz CT molecular complexity index is 951. The molecule has 132 valence electrons. The molecule has 0 saturated heterocycles. The number of H-pyrrole nitrogens is 1. The number of rotatable bonds is 5. The number of carbonyl (C=O) groups is 1. The predicted molar refractivity (Wildman–Crippen MR) is 101 cm³/mol. The highest BCUT2D eigenvalue weighted by molar-refractivity contribution is 9.10. The first-order valence-electron chi connectivity index (χ1n) is 7.58. The molecule has 0 radical (unpaired) electrons. The molecular formula is C18H15BrN4O3. The summed E-state index contributed by atoms with van der Waals surface area (Å²) in [6.45, 7) is 0. The largest absolute Gasteiger partial charge is 0.504 e. The summed E-state index contributed by atoms with van der Waals surface area (Å²) >= 11 is 3.38. The third-order valence-electron chi connectivity index (χ3n) is 3.55. The summed E-state index contributed by atoms with van der Waals surface area (Å²) in [6, 6.07) is 14.0. The predicted octanol–water partition coefficient (Wildman–Crippen LogP) is 3.32. The van der Waals surface area contributed by atoms with E-state index in [-0.39, 0.29) is 5.75 Å². The van der Waals surface area contributed by atoms with E-state index in [1.807, 2.05) is 24.3 Å². The van der Waals surface area contributed by atoms with E-state index < -0.39 is 5.91 Å². The summed E-state index contributed by atoms with van der Waals surface area (Å²) in [5.74, 6) is -0.0533. The molecule has 1 aromatic heterocycles. The van der Waals surface area contributed by atoms with Gasteiger partial charge in [-0.2, -0.15) is 10.2 Å². The first-order valence-corrected chi connectivity index (χ1v) is 8.38. The molecular weight excluding hydrogens is 400 g/mol. The summed E-state index contributed by atoms with van der Waals surface area (Å²) < 4.78 is 5.99. The van der Waals surface area contributed by atoms with Crippen molar-refractivity contribution in [2.45, 2.75) is 0 Å². The molecule has 0 aliphatic rings. The Kier molecular flexibility index (Phi) is 5.33. The molecule has 2 aromatic carbocycles. The van der Waals surface area contributed by atoms with Crippen LogP contribution in [-0.4, -0.2) is 34.5 Å². The molecule has 0 saturated carbocycles. The number of phenolic OH excluding ortho intramolecular Hbond substituents is 1. The normalized spacial score (nSPS) is 10.8. The van der Waals surface area contributed by atoms with Crippen LogP contribution in [0.25, 0.3) is 11.3 Å². The van der Waals surface area contributed by atoms with Gasteiger partial charge in [-0.1, -0.05) is 28.1 Å². The van der Waals surface area contributed by atoms with Gasteiger partial charge in [0.15, 0.2) is 11.5 Å². The molecule has 0 fully saturated rings. The molecule has 0 aliphatic heterocycles. The average molecular weight is 415 g/mol. The Labute approximate surface area is 157 Å². The van der Waals surface area contributed by atoms with E-state index in [4.69, 9.17) is 4.74 Å². The summed E-state index contributed by atoms with van der Waals surface area (Å²) in [4.78, 5) is 12.1. The molecule has 7 nitrogen and oxygen atoms in total. The van der Waals surface area contributed by atoms with Crippen molar-refractivity contribution in [1.82, 2.24) is 15.6 Å². The van der Waals surface area contributed by atoms with Gasteiger partial charge in [0, 0.05) is 10.0 Å². The lowest BCUT2D eigenvalue weighted by Crippen LogP contribution is -2.18. The summed E-state index contributed by atoms with van der Waals surface area (Å²) in [5, 5.41) is 20.3. The van der Waals surface area contributed by atoms with Gasteiger partial charge >= 0.3 is 0 Å². The Morgan fingerprint density at radius 3 is 2.77 bits per heavy atom. The standard InChI is InChI=1S/C18H15BrN4O3/c1-26-17-8-11(2-7-16(17)24)10-20-23-18(25)15-9-14(21-22-15)12-3-5-13(19)6-4-12/h2-10,24H,1H3,(H,21,22)(H,23,25)/b20-10+. The number of aromatic nitrogens is 2. The van der Waals surface area contributed by atoms with Crippen molar-refractivity contribution >= 4 is 28.1 Å². The van der Waals surface area contributed by atoms with Crippen LogP contribution in [0, 0.1) is 0 Å². The lowest BCUT2D eigenvalue weighted by molar-refractivity contribution is 0.0950. The van der Waals surface area contributed by atoms with E-state index in [1.165, 1.54) is 19.4 Å². The van der Waals surface area contributed by atoms with Crippen LogP contribution in [0.3, 0.4) is 0 Å². The fraction of sp³-hybridized carbons (Fsp3) is 0.0556. The number of hydrogen-bond acceptors (Lipinski definition) is 5. The number of nitrogens with one attached hydrogen (secondary N) is 2. The minimum Gasteiger partial charge on any atom is -0.504 e. The first kappa shape index (κ1) is 17.7. The Morgan fingerprint density at radius 1 is 1.27 bits per heavy atom. The molecule has 0 spiro atoms. The lowest BCUT2D eigenvalue weighted by atomic mass is 10.1. The minimum atomic E-state index is -0.414. The number of aromatic hydroxyl groups is 1. The van der Waals surface area contributed by atoms with Crippen molar-refractivity contribution in [2.24, 2.45) is 5.10 Å². The first-order chi connectivity index (χ1) is 12.6. The topological polar surface area (TPSA) is 99.6 Å². The maximum absolute atomic E-state index is 12.1. The second kappa shape index (κ2) is 7.83. The third kappa shape index (κ3) is 4.09. The smallest absolute Gasteiger partial charge is 0.289 e. The van der Waals surface area contributed by atoms with Crippen molar-refractivity contribution in [3.63, 3.8) is 0 Å². The van der Waals surface area contributed by atoms with Gasteiger partial charge in [-0.05, 0) is 42.0 Å². The highest BCUT2D eigenvalue weighted by Crippen LogP contribution is 2.25. The number of aromatic amines is 1. The van der Waals surface area contributed by atoms with Gasteiger partial charge in [0.25, 0.3) is 5.91 Å². The van der Waals surface area contributed by atoms with Crippen LogP contribution >= 0.6 is 15.9 Å². The molecule has 0 aliphatic carbocycles. The number of benzene rings is 2. The van der Waals surface area contributed by atoms with Gasteiger partial charge in [0.05, 0.1) is 19.0 Å². The van der Waals surface area contributed by atoms with Gasteiger partial charge in [0.2, 0.25) is 0 Å². The molecule has 1 heterocycles. The van der Waals surface area contributed by atoms with E-state index in [0.29, 0.717) is 22.7 Å². The highest BCUT2D eigenvalue weighted by Gasteiger charge is 2.10. The van der Waals surface area contributed by atoms with Crippen molar-refractivity contribution in [2.75, 3.05) is 7.11 Å². The Hall–Kier alpha value is -3.13. The van der Waals surface area contributed by atoms with Crippen LogP contribution < -0.4 is 10.2 Å². The third-order valence-corrected chi connectivity index (χ3v) is 4.07. The zero-order chi connectivity index (χ0) is 18.5. The summed E-state index contributed by atoms with van der Waals surface area (Å²) in [6.07, 6.45) is 1.45. The monoisotopic (exact) mass is 414 g/mol. The quantitative estimate of drug-likeness (QED) is 0.440. The number of phenols is 1. The second-order valence-electron chi connectivity index (χ2n) is 5.30. The molecule has 0 bridgehead atoms. The lowest BCUT2D eigenvalue weighted by Gasteiger charge is -2.03. The number of nitrogens with zero attached hydrogens (tertiary/aromatic N) is 2. The van der Waals surface area contributed by atoms with Crippen molar-refractivity contribution in [3.8, 4) is 22.8 Å². The van der Waals surface area contributed by atoms with Gasteiger partial charge in [-0.25, -0.2) is 5.43 Å². The molecule has 3 rings (SSSR count). The molecule has 3 N–H and O–H groups in total. The molecule has 3 aromatic rings. The summed E-state index contributed by atoms with van der Waals surface area (Å²) in [7, 11) is 1.46. The van der Waals surface area contributed by atoms with E-state index in [9.17, 15) is 9.90 Å². The van der Waals surface area contributed by atoms with Crippen molar-refractivity contribution in [3.05, 3.63) is 64.3 Å². The fourth-order valence-electron chi connectivity index (χ4n) is 2.21. The maximum atomic E-state index is 12.1. The Morgan fingerprint density at radius 2 is 2.04 bits per heavy atom. The van der Waals surface area contributed by atoms with Crippen LogP contribution in [0.15, 0.2) is 58.1 Å². The van der Waals surface area contributed by atoms with Crippen LogP contribution in [0.2, 0.25) is 0 Å². The zero-order valence-corrected chi connectivity index (χ0v) is 15.3. The van der Waals surface area contributed by atoms with Crippen LogP contribution in [0.1, 0.15) is 16.1 Å². The van der Waals surface area contributed by atoms with Gasteiger partial charge in [0.1, 0.15) is 5.69 Å². The fourth-order valence-corrected chi connectivity index (χ4v) is 2.47. The van der Waals surface area contributed by atoms with E-state index >= 15 is 0 Å². The number of ether oxygens (including phenoxy) is 1. The molecule has 8 heteroatoms. The van der Waals surface area contributed by atoms with E-state index in [1.54, 1.807) is 18.2 Å². The van der Waals surface area contributed by atoms with Gasteiger partial charge < -0.3 is 9.84 Å². The van der Waals surface area contributed by atoms with Crippen LogP contribution in [0.4, 0.5) is 0 Å². The highest BCUT2D eigenvalue weighted by atomic mass is 79.9. The number of halogens is 1. The average Bonchev–Trinajstić information content (AvgIpc) is 3.14. The number of hydrogen-bond donors (Lipinski definition) is 3. The molecule has 26 heavy (non-hydrogen) atoms. The molecule has 0 unspecified atom stereocenters. The molecule has 0 atom stereocenters. The van der Waals surface area contributed by atoms with E-state index in [2.05, 4.69) is 36.7 Å². The van der Waals surface area contributed by atoms with E-state index in [0.717, 1.165) is 10.0 Å². The van der Waals surface area contributed by atoms with Crippen molar-refractivity contribution in [1.29, 1.82) is 0 Å². The zero-order valence-electron chi connectivity index (χ0n) is 13.7. The SMILES string of the molecule is COc1cc(/C=N/NC(=O)c2cc(-c3ccc(Br)cc3)n[nH]2)ccc1O. The summed E-state index contributed by atoms with van der Waals surface area (Å²) in [5.41, 5.74) is 4.94. The van der Waals surface area contributed by atoms with Gasteiger partial charge in [-0.3, -0.25) is 9.89 Å². The number of amides is 1. The number of methoxy groups -OCH3 is 1. The maximum Gasteiger partial charge on any atom is 0.289 e. The van der Waals surface area contributed by atoms with Crippen LogP contribution in [-0.2, 0) is 0 Å². The number of hydrazone groups is 1. The number of carbonyl (C=O) groups excluding carboxylic acids is 1.